The normalized spacial score (nSPS) is 11.2. The average Bonchev–Trinajstić information content (AvgIpc) is 3.23. The minimum Gasteiger partial charge on any atom is -0.423 e. The smallest absolute Gasteiger partial charge is 0.336 e. The van der Waals surface area contributed by atoms with Gasteiger partial charge in [0.1, 0.15) is 5.58 Å². The zero-order chi connectivity index (χ0) is 22.9. The summed E-state index contributed by atoms with van der Waals surface area (Å²) in [5.41, 5.74) is 6.56. The zero-order valence-corrected chi connectivity index (χ0v) is 19.4. The molecular formula is C26H22N4O2S. The summed E-state index contributed by atoms with van der Waals surface area (Å²) in [4.78, 5) is 16.3. The standard InChI is InChI=1S/C26H22N4O2S/c1-16-4-7-22-20(14-24(31)32-23(22)12-16)15-33-26-29-28-25(19-8-10-27-11-9-19)30(26)21-6-5-17(2)18(3)13-21/h4-14H,15H2,1-3H3. The maximum absolute atomic E-state index is 12.2. The minimum atomic E-state index is -0.350. The minimum absolute atomic E-state index is 0.350. The number of nitrogens with zero attached hydrogens (tertiary/aromatic N) is 4. The van der Waals surface area contributed by atoms with Crippen LogP contribution >= 0.6 is 11.8 Å². The Balaban J connectivity index is 1.58. The maximum Gasteiger partial charge on any atom is 0.336 e. The number of benzene rings is 2. The molecule has 3 aromatic heterocycles. The van der Waals surface area contributed by atoms with Crippen LogP contribution in [0, 0.1) is 20.8 Å². The van der Waals surface area contributed by atoms with Crippen molar-refractivity contribution in [3.8, 4) is 17.1 Å². The average molecular weight is 455 g/mol. The summed E-state index contributed by atoms with van der Waals surface area (Å²) < 4.78 is 7.47. The van der Waals surface area contributed by atoms with Crippen LogP contribution in [0.25, 0.3) is 28.0 Å². The molecule has 0 radical (unpaired) electrons. The molecule has 0 aliphatic rings. The van der Waals surface area contributed by atoms with Crippen molar-refractivity contribution in [2.75, 3.05) is 0 Å². The molecule has 5 aromatic rings. The van der Waals surface area contributed by atoms with Gasteiger partial charge in [0.25, 0.3) is 0 Å². The molecule has 6 nitrogen and oxygen atoms in total. The third-order valence-corrected chi connectivity index (χ3v) is 6.64. The van der Waals surface area contributed by atoms with Crippen molar-refractivity contribution in [3.63, 3.8) is 0 Å². The van der Waals surface area contributed by atoms with Crippen molar-refractivity contribution in [2.24, 2.45) is 0 Å². The molecule has 0 saturated carbocycles. The number of pyridine rings is 1. The van der Waals surface area contributed by atoms with E-state index in [0.29, 0.717) is 11.3 Å². The summed E-state index contributed by atoms with van der Waals surface area (Å²) in [7, 11) is 0. The number of thioether (sulfide) groups is 1. The van der Waals surface area contributed by atoms with Crippen LogP contribution in [0.2, 0.25) is 0 Å². The maximum atomic E-state index is 12.2. The Kier molecular flexibility index (Phi) is 5.56. The van der Waals surface area contributed by atoms with Crippen molar-refractivity contribution < 1.29 is 4.42 Å². The monoisotopic (exact) mass is 454 g/mol. The van der Waals surface area contributed by atoms with Crippen LogP contribution in [0.1, 0.15) is 22.3 Å². The molecule has 164 valence electrons. The molecule has 0 saturated heterocycles. The van der Waals surface area contributed by atoms with Gasteiger partial charge in [-0.05, 0) is 73.4 Å². The summed E-state index contributed by atoms with van der Waals surface area (Å²) in [5, 5.41) is 10.7. The largest absolute Gasteiger partial charge is 0.423 e. The lowest BCUT2D eigenvalue weighted by Gasteiger charge is -2.12. The Morgan fingerprint density at radius 1 is 0.909 bits per heavy atom. The molecule has 0 amide bonds. The molecule has 7 heteroatoms. The molecule has 0 spiro atoms. The van der Waals surface area contributed by atoms with Crippen LogP contribution in [-0.4, -0.2) is 19.7 Å². The zero-order valence-electron chi connectivity index (χ0n) is 18.6. The highest BCUT2D eigenvalue weighted by molar-refractivity contribution is 7.98. The fraction of sp³-hybridized carbons (Fsp3) is 0.154. The molecule has 0 atom stereocenters. The van der Waals surface area contributed by atoms with Gasteiger partial charge in [0.2, 0.25) is 0 Å². The second-order valence-electron chi connectivity index (χ2n) is 8.03. The summed E-state index contributed by atoms with van der Waals surface area (Å²) in [6, 6.07) is 17.7. The van der Waals surface area contributed by atoms with Gasteiger partial charge in [-0.3, -0.25) is 9.55 Å². The quantitative estimate of drug-likeness (QED) is 0.252. The van der Waals surface area contributed by atoms with Crippen molar-refractivity contribution in [1.82, 2.24) is 19.7 Å². The van der Waals surface area contributed by atoms with Crippen molar-refractivity contribution >= 4 is 22.7 Å². The summed E-state index contributed by atoms with van der Waals surface area (Å²) >= 11 is 1.54. The van der Waals surface area contributed by atoms with Crippen LogP contribution < -0.4 is 5.63 Å². The van der Waals surface area contributed by atoms with E-state index in [0.717, 1.165) is 38.7 Å². The van der Waals surface area contributed by atoms with Gasteiger partial charge in [-0.25, -0.2) is 4.79 Å². The Morgan fingerprint density at radius 3 is 2.52 bits per heavy atom. The number of aryl methyl sites for hydroxylation is 3. The number of fused-ring (bicyclic) bond motifs is 1. The Labute approximate surface area is 195 Å². The lowest BCUT2D eigenvalue weighted by Crippen LogP contribution is -2.02. The molecule has 33 heavy (non-hydrogen) atoms. The first kappa shape index (κ1) is 21.2. The number of hydrogen-bond acceptors (Lipinski definition) is 6. The van der Waals surface area contributed by atoms with Crippen LogP contribution in [0.3, 0.4) is 0 Å². The van der Waals surface area contributed by atoms with Crippen molar-refractivity contribution in [2.45, 2.75) is 31.7 Å². The molecule has 0 aliphatic heterocycles. The van der Waals surface area contributed by atoms with E-state index in [1.807, 2.05) is 37.3 Å². The van der Waals surface area contributed by atoms with E-state index in [-0.39, 0.29) is 5.63 Å². The van der Waals surface area contributed by atoms with E-state index in [9.17, 15) is 4.79 Å². The third kappa shape index (κ3) is 4.19. The fourth-order valence-electron chi connectivity index (χ4n) is 3.75. The topological polar surface area (TPSA) is 73.8 Å². The number of hydrogen-bond donors (Lipinski definition) is 0. The van der Waals surface area contributed by atoms with E-state index in [4.69, 9.17) is 4.42 Å². The molecular weight excluding hydrogens is 432 g/mol. The second kappa shape index (κ2) is 8.67. The fourth-order valence-corrected chi connectivity index (χ4v) is 4.69. The van der Waals surface area contributed by atoms with E-state index < -0.39 is 0 Å². The molecule has 0 aliphatic carbocycles. The number of rotatable bonds is 5. The second-order valence-corrected chi connectivity index (χ2v) is 8.97. The van der Waals surface area contributed by atoms with Crippen LogP contribution in [0.5, 0.6) is 0 Å². The van der Waals surface area contributed by atoms with Gasteiger partial charge in [0.05, 0.1) is 5.69 Å². The first-order chi connectivity index (χ1) is 16.0. The van der Waals surface area contributed by atoms with Crippen molar-refractivity contribution in [1.29, 1.82) is 0 Å². The Bertz CT molecular complexity index is 1520. The molecule has 2 aromatic carbocycles. The highest BCUT2D eigenvalue weighted by Crippen LogP contribution is 2.31. The van der Waals surface area contributed by atoms with E-state index in [1.54, 1.807) is 30.2 Å². The van der Waals surface area contributed by atoms with Crippen LogP contribution in [0.15, 0.2) is 81.4 Å². The van der Waals surface area contributed by atoms with E-state index in [2.05, 4.69) is 51.8 Å². The Hall–Kier alpha value is -3.71. The highest BCUT2D eigenvalue weighted by Gasteiger charge is 2.17. The van der Waals surface area contributed by atoms with Gasteiger partial charge in [-0.1, -0.05) is 30.0 Å². The highest BCUT2D eigenvalue weighted by atomic mass is 32.2. The lowest BCUT2D eigenvalue weighted by atomic mass is 10.1. The number of aromatic nitrogens is 4. The van der Waals surface area contributed by atoms with Crippen LogP contribution in [0.4, 0.5) is 0 Å². The predicted molar refractivity (Wildman–Crippen MR) is 131 cm³/mol. The van der Waals surface area contributed by atoms with Crippen LogP contribution in [-0.2, 0) is 5.75 Å². The molecule has 0 N–H and O–H groups in total. The predicted octanol–water partition coefficient (Wildman–Crippen LogP) is 5.65. The first-order valence-electron chi connectivity index (χ1n) is 10.6. The summed E-state index contributed by atoms with van der Waals surface area (Å²) in [5.74, 6) is 1.31. The Morgan fingerprint density at radius 2 is 1.73 bits per heavy atom. The van der Waals surface area contributed by atoms with Gasteiger partial charge >= 0.3 is 5.63 Å². The lowest BCUT2D eigenvalue weighted by molar-refractivity contribution is 0.559. The van der Waals surface area contributed by atoms with Gasteiger partial charge in [0.15, 0.2) is 11.0 Å². The van der Waals surface area contributed by atoms with Gasteiger partial charge in [0, 0.05) is 35.2 Å². The summed E-state index contributed by atoms with van der Waals surface area (Å²) in [6.07, 6.45) is 3.50. The van der Waals surface area contributed by atoms with Gasteiger partial charge < -0.3 is 4.42 Å². The third-order valence-electron chi connectivity index (χ3n) is 5.66. The van der Waals surface area contributed by atoms with Gasteiger partial charge in [-0.2, -0.15) is 0 Å². The van der Waals surface area contributed by atoms with E-state index >= 15 is 0 Å². The molecule has 3 heterocycles. The first-order valence-corrected chi connectivity index (χ1v) is 11.6. The molecule has 5 rings (SSSR count). The van der Waals surface area contributed by atoms with Gasteiger partial charge in [-0.15, -0.1) is 10.2 Å². The summed E-state index contributed by atoms with van der Waals surface area (Å²) in [6.45, 7) is 6.17. The molecule has 0 unspecified atom stereocenters. The molecule has 0 bridgehead atoms. The van der Waals surface area contributed by atoms with E-state index in [1.165, 1.54) is 11.1 Å². The SMILES string of the molecule is Cc1ccc2c(CSc3nnc(-c4ccncc4)n3-c3ccc(C)c(C)c3)cc(=O)oc2c1. The van der Waals surface area contributed by atoms with Crippen molar-refractivity contribution in [3.05, 3.63) is 99.7 Å². The molecule has 0 fully saturated rings.